The highest BCUT2D eigenvalue weighted by Crippen LogP contribution is 2.28. The summed E-state index contributed by atoms with van der Waals surface area (Å²) < 4.78 is 14.0. The second kappa shape index (κ2) is 3.92. The molecule has 70 valence electrons. The molecule has 1 saturated heterocycles. The Labute approximate surface area is 90.9 Å². The molecule has 0 aliphatic carbocycles. The molecule has 0 saturated carbocycles. The first kappa shape index (κ1) is 9.40. The van der Waals surface area contributed by atoms with Gasteiger partial charge in [-0.15, -0.1) is 0 Å². The molecule has 0 unspecified atom stereocenters. The van der Waals surface area contributed by atoms with Crippen molar-refractivity contribution in [2.75, 3.05) is 6.54 Å². The largest absolute Gasteiger partial charge is 0.310 e. The van der Waals surface area contributed by atoms with Crippen LogP contribution in [0.5, 0.6) is 0 Å². The zero-order valence-corrected chi connectivity index (χ0v) is 9.34. The molecule has 0 aromatic heterocycles. The molecule has 1 aromatic rings. The second-order valence-electron chi connectivity index (χ2n) is 3.29. The summed E-state index contributed by atoms with van der Waals surface area (Å²) in [7, 11) is 0. The molecule has 3 heteroatoms. The van der Waals surface area contributed by atoms with Crippen molar-refractivity contribution in [2.24, 2.45) is 0 Å². The molecule has 0 spiro atoms. The Morgan fingerprint density at radius 2 is 2.31 bits per heavy atom. The van der Waals surface area contributed by atoms with E-state index < -0.39 is 0 Å². The Bertz CT molecular complexity index is 308. The molecule has 1 heterocycles. The molecule has 0 amide bonds. The van der Waals surface area contributed by atoms with Gasteiger partial charge in [-0.3, -0.25) is 0 Å². The van der Waals surface area contributed by atoms with Crippen LogP contribution >= 0.6 is 22.6 Å². The topological polar surface area (TPSA) is 12.0 Å². The minimum Gasteiger partial charge on any atom is -0.310 e. The Morgan fingerprint density at radius 1 is 1.46 bits per heavy atom. The quantitative estimate of drug-likeness (QED) is 0.785. The maximum Gasteiger partial charge on any atom is 0.136 e. The highest BCUT2D eigenvalue weighted by atomic mass is 127. The molecule has 1 aliphatic heterocycles. The van der Waals surface area contributed by atoms with Crippen molar-refractivity contribution in [3.63, 3.8) is 0 Å². The Balaban J connectivity index is 2.33. The first-order valence-electron chi connectivity index (χ1n) is 4.46. The number of rotatable bonds is 1. The van der Waals surface area contributed by atoms with Crippen molar-refractivity contribution < 1.29 is 4.39 Å². The van der Waals surface area contributed by atoms with E-state index in [9.17, 15) is 4.39 Å². The molecule has 1 nitrogen and oxygen atoms in total. The fourth-order valence-corrected chi connectivity index (χ4v) is 2.48. The Kier molecular flexibility index (Phi) is 2.83. The lowest BCUT2D eigenvalue weighted by Gasteiger charge is -2.12. The highest BCUT2D eigenvalue weighted by molar-refractivity contribution is 14.1. The highest BCUT2D eigenvalue weighted by Gasteiger charge is 2.19. The van der Waals surface area contributed by atoms with Gasteiger partial charge in [-0.2, -0.15) is 0 Å². The number of nitrogens with one attached hydrogen (secondary N) is 1. The minimum absolute atomic E-state index is 0.105. The summed E-state index contributed by atoms with van der Waals surface area (Å²) in [4.78, 5) is 0. The van der Waals surface area contributed by atoms with E-state index in [1.165, 1.54) is 12.5 Å². The van der Waals surface area contributed by atoms with Gasteiger partial charge in [-0.05, 0) is 53.6 Å². The molecular formula is C10H11FIN. The third-order valence-corrected chi connectivity index (χ3v) is 3.56. The van der Waals surface area contributed by atoms with Gasteiger partial charge in [-0.1, -0.05) is 12.1 Å². The van der Waals surface area contributed by atoms with Crippen LogP contribution in [0.1, 0.15) is 24.4 Å². The monoisotopic (exact) mass is 291 g/mol. The van der Waals surface area contributed by atoms with Crippen LogP contribution in [-0.2, 0) is 0 Å². The average Bonchev–Trinajstić information content (AvgIpc) is 2.62. The molecule has 1 fully saturated rings. The van der Waals surface area contributed by atoms with Crippen LogP contribution in [0.15, 0.2) is 18.2 Å². The summed E-state index contributed by atoms with van der Waals surface area (Å²) >= 11 is 2.08. The van der Waals surface area contributed by atoms with E-state index in [-0.39, 0.29) is 5.82 Å². The van der Waals surface area contributed by atoms with Gasteiger partial charge in [0.1, 0.15) is 5.82 Å². The van der Waals surface area contributed by atoms with Gasteiger partial charge in [0.05, 0.1) is 3.57 Å². The minimum atomic E-state index is -0.105. The van der Waals surface area contributed by atoms with Crippen LogP contribution in [0.3, 0.4) is 0 Å². The van der Waals surface area contributed by atoms with E-state index >= 15 is 0 Å². The lowest BCUT2D eigenvalue weighted by Crippen LogP contribution is -2.14. The Morgan fingerprint density at radius 3 is 3.00 bits per heavy atom. The SMILES string of the molecule is Fc1cccc([C@H]2CCCN2)c1I. The van der Waals surface area contributed by atoms with Crippen LogP contribution in [0.25, 0.3) is 0 Å². The van der Waals surface area contributed by atoms with Crippen LogP contribution in [0, 0.1) is 9.39 Å². The predicted molar refractivity (Wildman–Crippen MR) is 59.1 cm³/mol. The molecule has 1 atom stereocenters. The van der Waals surface area contributed by atoms with Crippen LogP contribution in [0.2, 0.25) is 0 Å². The van der Waals surface area contributed by atoms with E-state index in [1.807, 2.05) is 6.07 Å². The summed E-state index contributed by atoms with van der Waals surface area (Å²) in [5.41, 5.74) is 1.11. The normalized spacial score (nSPS) is 22.2. The molecular weight excluding hydrogens is 280 g/mol. The first-order chi connectivity index (χ1) is 6.29. The van der Waals surface area contributed by atoms with Gasteiger partial charge >= 0.3 is 0 Å². The molecule has 0 radical (unpaired) electrons. The zero-order valence-electron chi connectivity index (χ0n) is 7.19. The first-order valence-corrected chi connectivity index (χ1v) is 5.54. The van der Waals surface area contributed by atoms with E-state index in [2.05, 4.69) is 27.9 Å². The standard InChI is InChI=1S/C10H11FIN/c11-8-4-1-3-7(10(8)12)9-5-2-6-13-9/h1,3-4,9,13H,2,5-6H2/t9-/m1/s1. The van der Waals surface area contributed by atoms with Crippen molar-refractivity contribution >= 4 is 22.6 Å². The van der Waals surface area contributed by atoms with Gasteiger partial charge in [0.2, 0.25) is 0 Å². The van der Waals surface area contributed by atoms with Crippen molar-refractivity contribution in [3.8, 4) is 0 Å². The predicted octanol–water partition coefficient (Wildman–Crippen LogP) is 2.85. The number of halogens is 2. The van der Waals surface area contributed by atoms with Gasteiger partial charge in [-0.25, -0.2) is 4.39 Å². The molecule has 13 heavy (non-hydrogen) atoms. The smallest absolute Gasteiger partial charge is 0.136 e. The van der Waals surface area contributed by atoms with Crippen molar-refractivity contribution in [1.82, 2.24) is 5.32 Å². The zero-order chi connectivity index (χ0) is 9.26. The third-order valence-electron chi connectivity index (χ3n) is 2.42. The number of benzene rings is 1. The molecule has 1 N–H and O–H groups in total. The number of hydrogen-bond donors (Lipinski definition) is 1. The summed E-state index contributed by atoms with van der Waals surface area (Å²) in [6, 6.07) is 5.67. The maximum atomic E-state index is 13.2. The summed E-state index contributed by atoms with van der Waals surface area (Å²) in [5.74, 6) is -0.105. The van der Waals surface area contributed by atoms with Crippen molar-refractivity contribution in [1.29, 1.82) is 0 Å². The van der Waals surface area contributed by atoms with Crippen LogP contribution in [-0.4, -0.2) is 6.54 Å². The fourth-order valence-electron chi connectivity index (χ4n) is 1.74. The lowest BCUT2D eigenvalue weighted by molar-refractivity contribution is 0.597. The maximum absolute atomic E-state index is 13.2. The third kappa shape index (κ3) is 1.86. The van der Waals surface area contributed by atoms with Gasteiger partial charge < -0.3 is 5.32 Å². The van der Waals surface area contributed by atoms with E-state index in [0.717, 1.165) is 22.1 Å². The van der Waals surface area contributed by atoms with E-state index in [0.29, 0.717) is 6.04 Å². The molecule has 2 rings (SSSR count). The van der Waals surface area contributed by atoms with E-state index in [1.54, 1.807) is 6.07 Å². The molecule has 1 aliphatic rings. The molecule has 1 aromatic carbocycles. The van der Waals surface area contributed by atoms with Gasteiger partial charge in [0.25, 0.3) is 0 Å². The second-order valence-corrected chi connectivity index (χ2v) is 4.37. The van der Waals surface area contributed by atoms with Crippen molar-refractivity contribution in [3.05, 3.63) is 33.1 Å². The fraction of sp³-hybridized carbons (Fsp3) is 0.400. The lowest BCUT2D eigenvalue weighted by atomic mass is 10.1. The van der Waals surface area contributed by atoms with E-state index in [4.69, 9.17) is 0 Å². The van der Waals surface area contributed by atoms with Gasteiger partial charge in [0, 0.05) is 6.04 Å². The van der Waals surface area contributed by atoms with Crippen LogP contribution in [0.4, 0.5) is 4.39 Å². The summed E-state index contributed by atoms with van der Waals surface area (Å²) in [5, 5.41) is 3.37. The average molecular weight is 291 g/mol. The summed E-state index contributed by atoms with van der Waals surface area (Å²) in [6.07, 6.45) is 2.32. The molecule has 0 bridgehead atoms. The van der Waals surface area contributed by atoms with Crippen LogP contribution < -0.4 is 5.32 Å². The number of hydrogen-bond acceptors (Lipinski definition) is 1. The summed E-state index contributed by atoms with van der Waals surface area (Å²) in [6.45, 7) is 1.05. The van der Waals surface area contributed by atoms with Gasteiger partial charge in [0.15, 0.2) is 0 Å². The Hall–Kier alpha value is -0.160. The van der Waals surface area contributed by atoms with Crippen molar-refractivity contribution in [2.45, 2.75) is 18.9 Å².